The molecule has 202 valence electrons. The summed E-state index contributed by atoms with van der Waals surface area (Å²) in [6.07, 6.45) is 21.1. The monoisotopic (exact) mass is 624 g/mol. The minimum atomic E-state index is 0.273. The molecule has 2 aromatic rings. The maximum Gasteiger partial charge on any atom is 0.212 e. The normalized spacial score (nSPS) is 14.7. The molecule has 0 aliphatic heterocycles. The maximum absolute atomic E-state index is 3.89. The molecule has 2 rings (SSSR count). The number of hydrogen-bond donors (Lipinski definition) is 2. The Kier molecular flexibility index (Phi) is 15.7. The standard InChI is InChI=1S/C30H48Br2N4/c1-5-9-11-25(7-3)23-33-27-15-19-35(20-16-27)29(31)13-14-30(32)36-21-17-28(18-22-36)34-24-26(8-4)12-10-6-2/h15-22,25-26,29-30H,5-14,23-24H2,1-4H3/p+2. The molecule has 0 spiro atoms. The van der Waals surface area contributed by atoms with Gasteiger partial charge in [-0.15, -0.1) is 0 Å². The number of nitrogens with one attached hydrogen (secondary N) is 2. The van der Waals surface area contributed by atoms with Crippen LogP contribution in [0.4, 0.5) is 11.4 Å². The van der Waals surface area contributed by atoms with E-state index in [-0.39, 0.29) is 9.90 Å². The zero-order chi connectivity index (χ0) is 26.2. The number of rotatable bonds is 19. The average molecular weight is 627 g/mol. The lowest BCUT2D eigenvalue weighted by atomic mass is 9.99. The first-order valence-corrected chi connectivity index (χ1v) is 16.1. The van der Waals surface area contributed by atoms with E-state index >= 15 is 0 Å². The van der Waals surface area contributed by atoms with E-state index in [0.717, 1.165) is 37.8 Å². The van der Waals surface area contributed by atoms with Crippen LogP contribution in [0.3, 0.4) is 0 Å². The molecule has 2 heterocycles. The van der Waals surface area contributed by atoms with E-state index in [2.05, 4.69) is 128 Å². The van der Waals surface area contributed by atoms with E-state index in [9.17, 15) is 0 Å². The average Bonchev–Trinajstić information content (AvgIpc) is 2.92. The van der Waals surface area contributed by atoms with E-state index in [4.69, 9.17) is 0 Å². The van der Waals surface area contributed by atoms with Crippen molar-refractivity contribution in [2.75, 3.05) is 23.7 Å². The Bertz CT molecular complexity index is 743. The predicted octanol–water partition coefficient (Wildman–Crippen LogP) is 8.79. The van der Waals surface area contributed by atoms with E-state index < -0.39 is 0 Å². The molecule has 36 heavy (non-hydrogen) atoms. The quantitative estimate of drug-likeness (QED) is 0.121. The topological polar surface area (TPSA) is 31.8 Å². The lowest BCUT2D eigenvalue weighted by molar-refractivity contribution is -0.709. The molecule has 4 nitrogen and oxygen atoms in total. The van der Waals surface area contributed by atoms with Crippen LogP contribution in [0.1, 0.15) is 102 Å². The first kappa shape index (κ1) is 31.1. The van der Waals surface area contributed by atoms with Crippen LogP contribution in [-0.4, -0.2) is 13.1 Å². The molecule has 0 amide bonds. The van der Waals surface area contributed by atoms with Crippen LogP contribution < -0.4 is 19.8 Å². The summed E-state index contributed by atoms with van der Waals surface area (Å²) in [6, 6.07) is 8.77. The van der Waals surface area contributed by atoms with E-state index in [1.807, 2.05) is 0 Å². The predicted molar refractivity (Wildman–Crippen MR) is 162 cm³/mol. The van der Waals surface area contributed by atoms with Crippen molar-refractivity contribution in [3.63, 3.8) is 0 Å². The van der Waals surface area contributed by atoms with E-state index in [1.165, 1.54) is 62.7 Å². The van der Waals surface area contributed by atoms with Crippen LogP contribution >= 0.6 is 31.9 Å². The van der Waals surface area contributed by atoms with Gasteiger partial charge in [0.25, 0.3) is 0 Å². The van der Waals surface area contributed by atoms with Gasteiger partial charge in [0.15, 0.2) is 24.8 Å². The number of anilines is 2. The molecule has 4 unspecified atom stereocenters. The van der Waals surface area contributed by atoms with Gasteiger partial charge in [0.2, 0.25) is 9.90 Å². The van der Waals surface area contributed by atoms with E-state index in [1.54, 1.807) is 0 Å². The molecular weight excluding hydrogens is 576 g/mol. The Balaban J connectivity index is 1.77. The molecule has 0 bridgehead atoms. The molecule has 0 saturated heterocycles. The molecule has 0 aliphatic carbocycles. The number of pyridine rings is 2. The van der Waals surface area contributed by atoms with Gasteiger partial charge in [0, 0.05) is 61.6 Å². The summed E-state index contributed by atoms with van der Waals surface area (Å²) >= 11 is 7.77. The second kappa shape index (κ2) is 18.2. The van der Waals surface area contributed by atoms with Gasteiger partial charge in [-0.1, -0.05) is 66.2 Å². The van der Waals surface area contributed by atoms with Crippen LogP contribution in [0.5, 0.6) is 0 Å². The highest BCUT2D eigenvalue weighted by Gasteiger charge is 2.21. The van der Waals surface area contributed by atoms with Crippen molar-refractivity contribution >= 4 is 43.2 Å². The molecule has 6 heteroatoms. The van der Waals surface area contributed by atoms with Crippen LogP contribution in [-0.2, 0) is 0 Å². The van der Waals surface area contributed by atoms with Crippen LogP contribution in [0.15, 0.2) is 49.1 Å². The zero-order valence-corrected chi connectivity index (χ0v) is 26.2. The van der Waals surface area contributed by atoms with Gasteiger partial charge in [-0.05, 0) is 56.5 Å². The SMILES string of the molecule is CCCCC(CC)CNc1cc[n+](C(Br)CCC(Br)[n+]2ccc(NCC(CC)CCCC)cc2)cc1. The van der Waals surface area contributed by atoms with Crippen molar-refractivity contribution < 1.29 is 9.13 Å². The van der Waals surface area contributed by atoms with Crippen molar-refractivity contribution in [3.8, 4) is 0 Å². The van der Waals surface area contributed by atoms with Crippen molar-refractivity contribution in [2.24, 2.45) is 11.8 Å². The highest BCUT2D eigenvalue weighted by Crippen LogP contribution is 2.23. The Morgan fingerprint density at radius 3 is 1.28 bits per heavy atom. The Morgan fingerprint density at radius 1 is 0.611 bits per heavy atom. The summed E-state index contributed by atoms with van der Waals surface area (Å²) in [7, 11) is 0. The summed E-state index contributed by atoms with van der Waals surface area (Å²) < 4.78 is 4.50. The third kappa shape index (κ3) is 11.5. The van der Waals surface area contributed by atoms with Crippen molar-refractivity contribution in [1.82, 2.24) is 0 Å². The van der Waals surface area contributed by atoms with Gasteiger partial charge in [0.05, 0.1) is 0 Å². The Labute approximate surface area is 237 Å². The van der Waals surface area contributed by atoms with Gasteiger partial charge >= 0.3 is 0 Å². The number of alkyl halides is 2. The molecule has 0 radical (unpaired) electrons. The fourth-order valence-corrected chi connectivity index (χ4v) is 5.54. The van der Waals surface area contributed by atoms with Gasteiger partial charge in [-0.3, -0.25) is 0 Å². The van der Waals surface area contributed by atoms with Crippen LogP contribution in [0.25, 0.3) is 0 Å². The lowest BCUT2D eigenvalue weighted by Crippen LogP contribution is -2.38. The molecular formula is C30H50Br2N4+2. The third-order valence-corrected chi connectivity index (χ3v) is 9.13. The Hall–Kier alpha value is -1.14. The number of unbranched alkanes of at least 4 members (excludes halogenated alkanes) is 2. The molecule has 0 saturated carbocycles. The third-order valence-electron chi connectivity index (χ3n) is 7.27. The zero-order valence-electron chi connectivity index (χ0n) is 23.1. The molecule has 0 aliphatic rings. The van der Waals surface area contributed by atoms with Gasteiger partial charge in [-0.25, -0.2) is 0 Å². The summed E-state index contributed by atoms with van der Waals surface area (Å²) in [5.41, 5.74) is 2.42. The summed E-state index contributed by atoms with van der Waals surface area (Å²) in [5.74, 6) is 1.52. The van der Waals surface area contributed by atoms with Crippen LogP contribution in [0, 0.1) is 11.8 Å². The van der Waals surface area contributed by atoms with E-state index in [0.29, 0.717) is 0 Å². The van der Waals surface area contributed by atoms with Crippen molar-refractivity contribution in [2.45, 2.75) is 102 Å². The molecule has 2 aromatic heterocycles. The minimum absolute atomic E-state index is 0.273. The first-order valence-electron chi connectivity index (χ1n) is 14.3. The summed E-state index contributed by atoms with van der Waals surface area (Å²) in [5, 5.41) is 7.26. The molecule has 0 fully saturated rings. The highest BCUT2D eigenvalue weighted by atomic mass is 79.9. The number of hydrogen-bond acceptors (Lipinski definition) is 2. The number of nitrogens with zero attached hydrogens (tertiary/aromatic N) is 2. The summed E-state index contributed by atoms with van der Waals surface area (Å²) in [4.78, 5) is 0.547. The fourth-order valence-electron chi connectivity index (χ4n) is 4.47. The second-order valence-corrected chi connectivity index (χ2v) is 12.2. The largest absolute Gasteiger partial charge is 0.384 e. The smallest absolute Gasteiger partial charge is 0.212 e. The van der Waals surface area contributed by atoms with Crippen LogP contribution in [0.2, 0.25) is 0 Å². The number of aromatic nitrogens is 2. The summed E-state index contributed by atoms with van der Waals surface area (Å²) in [6.45, 7) is 11.3. The number of halogens is 2. The maximum atomic E-state index is 3.89. The first-order chi connectivity index (χ1) is 17.5. The van der Waals surface area contributed by atoms with Crippen molar-refractivity contribution in [3.05, 3.63) is 49.1 Å². The lowest BCUT2D eigenvalue weighted by Gasteiger charge is -2.16. The molecule has 2 N–H and O–H groups in total. The van der Waals surface area contributed by atoms with Gasteiger partial charge < -0.3 is 10.6 Å². The van der Waals surface area contributed by atoms with Gasteiger partial charge in [0.1, 0.15) is 0 Å². The fraction of sp³-hybridized carbons (Fsp3) is 0.667. The molecule has 0 aromatic carbocycles. The Morgan fingerprint density at radius 2 is 0.972 bits per heavy atom. The minimum Gasteiger partial charge on any atom is -0.384 e. The highest BCUT2D eigenvalue weighted by molar-refractivity contribution is 9.09. The molecule has 4 atom stereocenters. The second-order valence-electron chi connectivity index (χ2n) is 10.1. The van der Waals surface area contributed by atoms with Crippen molar-refractivity contribution in [1.29, 1.82) is 0 Å². The van der Waals surface area contributed by atoms with Gasteiger partial charge in [-0.2, -0.15) is 9.13 Å².